The Bertz CT molecular complexity index is 1160. The summed E-state index contributed by atoms with van der Waals surface area (Å²) in [6.07, 6.45) is 1.39. The smallest absolute Gasteiger partial charge is 0.343 e. The van der Waals surface area contributed by atoms with Crippen LogP contribution in [0.2, 0.25) is 0 Å². The number of hydrogen-bond acceptors (Lipinski definition) is 8. The zero-order valence-electron chi connectivity index (χ0n) is 17.5. The van der Waals surface area contributed by atoms with Crippen LogP contribution in [0.25, 0.3) is 0 Å². The van der Waals surface area contributed by atoms with Gasteiger partial charge in [0.2, 0.25) is 0 Å². The minimum atomic E-state index is -0.594. The molecule has 3 rings (SSSR count). The van der Waals surface area contributed by atoms with E-state index >= 15 is 0 Å². The molecule has 33 heavy (non-hydrogen) atoms. The number of nitrogens with one attached hydrogen (secondary N) is 1. The summed E-state index contributed by atoms with van der Waals surface area (Å²) in [6.45, 7) is -0.442. The average Bonchev–Trinajstić information content (AvgIpc) is 2.84. The zero-order valence-corrected chi connectivity index (χ0v) is 17.5. The van der Waals surface area contributed by atoms with Gasteiger partial charge in [-0.3, -0.25) is 14.9 Å². The first-order valence-electron chi connectivity index (χ1n) is 9.60. The molecule has 0 unspecified atom stereocenters. The summed E-state index contributed by atoms with van der Waals surface area (Å²) in [5.41, 5.74) is 3.05. The lowest BCUT2D eigenvalue weighted by Crippen LogP contribution is -2.24. The molecule has 0 bridgehead atoms. The molecule has 3 aromatic carbocycles. The maximum Gasteiger partial charge on any atom is 0.343 e. The molecule has 0 aromatic heterocycles. The van der Waals surface area contributed by atoms with Crippen LogP contribution in [0.15, 0.2) is 77.9 Å². The minimum absolute atomic E-state index is 0.0126. The molecule has 0 atom stereocenters. The van der Waals surface area contributed by atoms with Gasteiger partial charge in [0.25, 0.3) is 5.91 Å². The molecule has 0 saturated heterocycles. The van der Waals surface area contributed by atoms with E-state index in [1.807, 2.05) is 0 Å². The molecule has 10 heteroatoms. The van der Waals surface area contributed by atoms with Gasteiger partial charge in [0.05, 0.1) is 23.8 Å². The van der Waals surface area contributed by atoms with Gasteiger partial charge >= 0.3 is 11.7 Å². The van der Waals surface area contributed by atoms with E-state index in [1.165, 1.54) is 31.5 Å². The summed E-state index contributed by atoms with van der Waals surface area (Å²) >= 11 is 0. The lowest BCUT2D eigenvalue weighted by atomic mass is 10.2. The van der Waals surface area contributed by atoms with Crippen LogP contribution in [0.4, 0.5) is 5.69 Å². The van der Waals surface area contributed by atoms with Crippen LogP contribution in [-0.4, -0.2) is 36.7 Å². The molecule has 0 radical (unpaired) electrons. The number of nitro groups is 1. The highest BCUT2D eigenvalue weighted by atomic mass is 16.6. The third-order valence-electron chi connectivity index (χ3n) is 4.24. The Hall–Kier alpha value is -4.73. The Balaban J connectivity index is 1.48. The van der Waals surface area contributed by atoms with Gasteiger partial charge in [0.15, 0.2) is 12.4 Å². The molecular formula is C23H19N3O7. The third-order valence-corrected chi connectivity index (χ3v) is 4.24. The zero-order chi connectivity index (χ0) is 23.6. The summed E-state index contributed by atoms with van der Waals surface area (Å²) in [7, 11) is 1.54. The normalized spacial score (nSPS) is 10.5. The average molecular weight is 449 g/mol. The number of hydrogen-bond donors (Lipinski definition) is 1. The molecule has 168 valence electrons. The number of carbonyl (C=O) groups excluding carboxylic acids is 2. The van der Waals surface area contributed by atoms with Gasteiger partial charge in [-0.05, 0) is 60.2 Å². The number of nitrogens with zero attached hydrogens (tertiary/aromatic N) is 2. The van der Waals surface area contributed by atoms with Crippen molar-refractivity contribution in [2.24, 2.45) is 5.10 Å². The number of carbonyl (C=O) groups is 2. The fourth-order valence-electron chi connectivity index (χ4n) is 2.60. The maximum absolute atomic E-state index is 12.2. The SMILES string of the molecule is COc1ccc(C(=O)Oc2ccc(/C=N\NC(=O)COc3ccccc3[N+](=O)[O-])cc2)cc1. The van der Waals surface area contributed by atoms with E-state index in [-0.39, 0.29) is 11.4 Å². The summed E-state index contributed by atoms with van der Waals surface area (Å²) < 4.78 is 15.5. The van der Waals surface area contributed by atoms with Crippen LogP contribution in [0.3, 0.4) is 0 Å². The number of amides is 1. The van der Waals surface area contributed by atoms with Crippen molar-refractivity contribution in [1.82, 2.24) is 5.43 Å². The fraction of sp³-hybridized carbons (Fsp3) is 0.0870. The van der Waals surface area contributed by atoms with Crippen molar-refractivity contribution in [2.75, 3.05) is 13.7 Å². The van der Waals surface area contributed by atoms with Gasteiger partial charge in [0.1, 0.15) is 11.5 Å². The minimum Gasteiger partial charge on any atom is -0.497 e. The van der Waals surface area contributed by atoms with Crippen molar-refractivity contribution in [3.8, 4) is 17.2 Å². The van der Waals surface area contributed by atoms with Crippen molar-refractivity contribution < 1.29 is 28.7 Å². The second-order valence-electron chi connectivity index (χ2n) is 6.49. The molecular weight excluding hydrogens is 430 g/mol. The molecule has 3 aromatic rings. The van der Waals surface area contributed by atoms with E-state index in [2.05, 4.69) is 10.5 Å². The number of para-hydroxylation sites is 2. The molecule has 10 nitrogen and oxygen atoms in total. The van der Waals surface area contributed by atoms with Crippen molar-refractivity contribution in [2.45, 2.75) is 0 Å². The van der Waals surface area contributed by atoms with E-state index < -0.39 is 23.4 Å². The van der Waals surface area contributed by atoms with E-state index in [4.69, 9.17) is 14.2 Å². The number of ether oxygens (including phenoxy) is 3. The summed E-state index contributed by atoms with van der Waals surface area (Å²) in [4.78, 5) is 34.4. The van der Waals surface area contributed by atoms with Crippen LogP contribution in [-0.2, 0) is 4.79 Å². The van der Waals surface area contributed by atoms with E-state index in [1.54, 1.807) is 54.6 Å². The molecule has 0 spiro atoms. The summed E-state index contributed by atoms with van der Waals surface area (Å²) in [5.74, 6) is -0.133. The topological polar surface area (TPSA) is 129 Å². The highest BCUT2D eigenvalue weighted by Gasteiger charge is 2.14. The Morgan fingerprint density at radius 2 is 1.67 bits per heavy atom. The molecule has 0 aliphatic heterocycles. The first-order chi connectivity index (χ1) is 16.0. The Labute approximate surface area is 188 Å². The van der Waals surface area contributed by atoms with Crippen molar-refractivity contribution in [1.29, 1.82) is 0 Å². The highest BCUT2D eigenvalue weighted by molar-refractivity contribution is 5.91. The number of methoxy groups -OCH3 is 1. The van der Waals surface area contributed by atoms with Crippen molar-refractivity contribution in [3.05, 3.63) is 94.0 Å². The first-order valence-corrected chi connectivity index (χ1v) is 9.60. The Morgan fingerprint density at radius 1 is 1.00 bits per heavy atom. The molecule has 0 heterocycles. The lowest BCUT2D eigenvalue weighted by Gasteiger charge is -2.06. The van der Waals surface area contributed by atoms with Gasteiger partial charge < -0.3 is 14.2 Å². The molecule has 0 fully saturated rings. The monoisotopic (exact) mass is 449 g/mol. The number of hydrazone groups is 1. The maximum atomic E-state index is 12.2. The second kappa shape index (κ2) is 11.0. The van der Waals surface area contributed by atoms with Gasteiger partial charge in [0, 0.05) is 6.07 Å². The predicted octanol–water partition coefficient (Wildman–Crippen LogP) is 3.35. The van der Waals surface area contributed by atoms with Gasteiger partial charge in [-0.25, -0.2) is 10.2 Å². The van der Waals surface area contributed by atoms with Crippen LogP contribution < -0.4 is 19.6 Å². The van der Waals surface area contributed by atoms with E-state index in [0.29, 0.717) is 22.6 Å². The van der Waals surface area contributed by atoms with Crippen LogP contribution in [0.1, 0.15) is 15.9 Å². The highest BCUT2D eigenvalue weighted by Crippen LogP contribution is 2.25. The molecule has 0 aliphatic rings. The van der Waals surface area contributed by atoms with Crippen LogP contribution >= 0.6 is 0 Å². The number of benzene rings is 3. The quantitative estimate of drug-likeness (QED) is 0.174. The molecule has 0 saturated carbocycles. The molecule has 0 aliphatic carbocycles. The number of esters is 1. The van der Waals surface area contributed by atoms with Gasteiger partial charge in [-0.1, -0.05) is 12.1 Å². The predicted molar refractivity (Wildman–Crippen MR) is 119 cm³/mol. The summed E-state index contributed by atoms with van der Waals surface area (Å²) in [5, 5.41) is 14.8. The number of rotatable bonds is 9. The second-order valence-corrected chi connectivity index (χ2v) is 6.49. The van der Waals surface area contributed by atoms with Crippen LogP contribution in [0, 0.1) is 10.1 Å². The fourth-order valence-corrected chi connectivity index (χ4v) is 2.60. The first kappa shape index (κ1) is 22.9. The van der Waals surface area contributed by atoms with E-state index in [9.17, 15) is 19.7 Å². The van der Waals surface area contributed by atoms with Gasteiger partial charge in [-0.2, -0.15) is 5.10 Å². The number of nitro benzene ring substituents is 1. The van der Waals surface area contributed by atoms with Crippen LogP contribution in [0.5, 0.6) is 17.2 Å². The van der Waals surface area contributed by atoms with E-state index in [0.717, 1.165) is 0 Å². The van der Waals surface area contributed by atoms with Crippen molar-refractivity contribution >= 4 is 23.8 Å². The molecule has 1 amide bonds. The standard InChI is InChI=1S/C23H19N3O7/c1-31-18-12-8-17(9-13-18)23(28)33-19-10-6-16(7-11-19)14-24-25-22(27)15-32-21-5-3-2-4-20(21)26(29)30/h2-14H,15H2,1H3,(H,25,27)/b24-14-. The third kappa shape index (κ3) is 6.62. The molecule has 1 N–H and O–H groups in total. The summed E-state index contributed by atoms with van der Waals surface area (Å²) in [6, 6.07) is 18.7. The Kier molecular flexibility index (Phi) is 7.68. The Morgan fingerprint density at radius 3 is 2.33 bits per heavy atom. The van der Waals surface area contributed by atoms with Gasteiger partial charge in [-0.15, -0.1) is 0 Å². The largest absolute Gasteiger partial charge is 0.497 e. The lowest BCUT2D eigenvalue weighted by molar-refractivity contribution is -0.385. The van der Waals surface area contributed by atoms with Crippen molar-refractivity contribution in [3.63, 3.8) is 0 Å².